The summed E-state index contributed by atoms with van der Waals surface area (Å²) in [6.07, 6.45) is 2.64. The highest BCUT2D eigenvalue weighted by atomic mass is 35.5. The van der Waals surface area contributed by atoms with Gasteiger partial charge in [-0.25, -0.2) is 9.97 Å². The highest BCUT2D eigenvalue weighted by Crippen LogP contribution is 2.28. The molecular formula is C20H15Cl2N3S. The first-order chi connectivity index (χ1) is 12.6. The van der Waals surface area contributed by atoms with Gasteiger partial charge in [-0.15, -0.1) is 11.3 Å². The summed E-state index contributed by atoms with van der Waals surface area (Å²) in [4.78, 5) is 12.4. The van der Waals surface area contributed by atoms with Crippen LogP contribution in [0, 0.1) is 6.92 Å². The van der Waals surface area contributed by atoms with Crippen molar-refractivity contribution >= 4 is 34.5 Å². The molecule has 6 heteroatoms. The third-order valence-corrected chi connectivity index (χ3v) is 5.64. The molecule has 0 spiro atoms. The zero-order valence-corrected chi connectivity index (χ0v) is 16.3. The van der Waals surface area contributed by atoms with Crippen molar-refractivity contribution in [2.24, 2.45) is 0 Å². The Morgan fingerprint density at radius 2 is 1.73 bits per heavy atom. The summed E-state index contributed by atoms with van der Waals surface area (Å²) in [6.45, 7) is 1.97. The fourth-order valence-electron chi connectivity index (χ4n) is 2.71. The van der Waals surface area contributed by atoms with Crippen molar-refractivity contribution < 1.29 is 0 Å². The van der Waals surface area contributed by atoms with Gasteiger partial charge in [-0.3, -0.25) is 0 Å². The van der Waals surface area contributed by atoms with Crippen LogP contribution >= 0.6 is 34.5 Å². The number of aromatic amines is 1. The molecular weight excluding hydrogens is 385 g/mol. The van der Waals surface area contributed by atoms with Gasteiger partial charge in [-0.1, -0.05) is 53.5 Å². The number of rotatable bonds is 4. The first-order valence-corrected chi connectivity index (χ1v) is 9.73. The van der Waals surface area contributed by atoms with Crippen LogP contribution in [0.25, 0.3) is 22.6 Å². The Hall–Kier alpha value is -2.14. The molecule has 0 atom stereocenters. The van der Waals surface area contributed by atoms with E-state index in [0.29, 0.717) is 10.0 Å². The standard InChI is InChI=1S/C20H15Cl2N3S/c1-12-10-23-20(24-12)15-5-3-14(4-6-15)18-11-26-19(25-18)9-13-2-7-16(21)17(22)8-13/h2-8,10-11H,9H2,1H3,(H,23,24). The molecule has 0 aliphatic rings. The van der Waals surface area contributed by atoms with Crippen LogP contribution in [0.3, 0.4) is 0 Å². The number of halogens is 2. The molecule has 0 bridgehead atoms. The van der Waals surface area contributed by atoms with Crippen molar-refractivity contribution in [2.75, 3.05) is 0 Å². The van der Waals surface area contributed by atoms with Crippen LogP contribution < -0.4 is 0 Å². The van der Waals surface area contributed by atoms with Gasteiger partial charge in [0.25, 0.3) is 0 Å². The second kappa shape index (κ2) is 7.23. The SMILES string of the molecule is Cc1c[nH]c(-c2ccc(-c3csc(Cc4ccc(Cl)c(Cl)c4)n3)cc2)n1. The van der Waals surface area contributed by atoms with Crippen LogP contribution in [0.4, 0.5) is 0 Å². The highest BCUT2D eigenvalue weighted by molar-refractivity contribution is 7.10. The number of nitrogens with zero attached hydrogens (tertiary/aromatic N) is 2. The van der Waals surface area contributed by atoms with Gasteiger partial charge in [-0.2, -0.15) is 0 Å². The Morgan fingerprint density at radius 1 is 0.962 bits per heavy atom. The van der Waals surface area contributed by atoms with Crippen molar-refractivity contribution in [3.8, 4) is 22.6 Å². The number of nitrogens with one attached hydrogen (secondary N) is 1. The molecule has 0 amide bonds. The quantitative estimate of drug-likeness (QED) is 0.430. The second-order valence-corrected chi connectivity index (χ2v) is 7.78. The Balaban J connectivity index is 1.53. The predicted molar refractivity (Wildman–Crippen MR) is 109 cm³/mol. The van der Waals surface area contributed by atoms with Gasteiger partial charge in [0, 0.05) is 29.1 Å². The van der Waals surface area contributed by atoms with E-state index in [9.17, 15) is 0 Å². The molecule has 0 aliphatic heterocycles. The summed E-state index contributed by atoms with van der Waals surface area (Å²) >= 11 is 13.7. The van der Waals surface area contributed by atoms with Crippen molar-refractivity contribution in [2.45, 2.75) is 13.3 Å². The van der Waals surface area contributed by atoms with Crippen molar-refractivity contribution in [3.05, 3.63) is 80.4 Å². The third-order valence-electron chi connectivity index (χ3n) is 4.05. The summed E-state index contributed by atoms with van der Waals surface area (Å²) in [5, 5.41) is 4.27. The Morgan fingerprint density at radius 3 is 2.42 bits per heavy atom. The van der Waals surface area contributed by atoms with Crippen LogP contribution in [0.15, 0.2) is 54.0 Å². The maximum Gasteiger partial charge on any atom is 0.137 e. The molecule has 2 aromatic carbocycles. The molecule has 0 aliphatic carbocycles. The zero-order valence-electron chi connectivity index (χ0n) is 14.0. The lowest BCUT2D eigenvalue weighted by Crippen LogP contribution is -1.88. The Bertz CT molecular complexity index is 1050. The molecule has 0 fully saturated rings. The monoisotopic (exact) mass is 399 g/mol. The van der Waals surface area contributed by atoms with E-state index in [1.54, 1.807) is 11.3 Å². The molecule has 2 heterocycles. The van der Waals surface area contributed by atoms with E-state index in [1.807, 2.05) is 31.3 Å². The summed E-state index contributed by atoms with van der Waals surface area (Å²) < 4.78 is 0. The van der Waals surface area contributed by atoms with Gasteiger partial charge >= 0.3 is 0 Å². The Kier molecular flexibility index (Phi) is 4.81. The van der Waals surface area contributed by atoms with Crippen LogP contribution in [-0.4, -0.2) is 15.0 Å². The van der Waals surface area contributed by atoms with E-state index in [2.05, 4.69) is 39.6 Å². The Labute approximate surface area is 165 Å². The van der Waals surface area contributed by atoms with Gasteiger partial charge in [0.15, 0.2) is 0 Å². The van der Waals surface area contributed by atoms with Gasteiger partial charge in [0.05, 0.1) is 26.4 Å². The molecule has 1 N–H and O–H groups in total. The highest BCUT2D eigenvalue weighted by Gasteiger charge is 2.08. The average molecular weight is 400 g/mol. The molecule has 0 saturated carbocycles. The number of aryl methyl sites for hydroxylation is 1. The minimum Gasteiger partial charge on any atom is -0.344 e. The molecule has 0 unspecified atom stereocenters. The molecule has 26 heavy (non-hydrogen) atoms. The lowest BCUT2D eigenvalue weighted by atomic mass is 10.1. The van der Waals surface area contributed by atoms with Gasteiger partial charge in [0.1, 0.15) is 5.82 Å². The van der Waals surface area contributed by atoms with Crippen LogP contribution in [-0.2, 0) is 6.42 Å². The van der Waals surface area contributed by atoms with E-state index in [1.165, 1.54) is 0 Å². The zero-order chi connectivity index (χ0) is 18.1. The summed E-state index contributed by atoms with van der Waals surface area (Å²) in [7, 11) is 0. The third kappa shape index (κ3) is 3.68. The second-order valence-electron chi connectivity index (χ2n) is 6.02. The van der Waals surface area contributed by atoms with E-state index in [4.69, 9.17) is 28.2 Å². The molecule has 2 aromatic heterocycles. The van der Waals surface area contributed by atoms with Crippen LogP contribution in [0.5, 0.6) is 0 Å². The molecule has 0 radical (unpaired) electrons. The van der Waals surface area contributed by atoms with Gasteiger partial charge < -0.3 is 4.98 Å². The van der Waals surface area contributed by atoms with Gasteiger partial charge in [-0.05, 0) is 24.6 Å². The van der Waals surface area contributed by atoms with Crippen LogP contribution in [0.1, 0.15) is 16.3 Å². The fourth-order valence-corrected chi connectivity index (χ4v) is 3.87. The molecule has 4 rings (SSSR count). The van der Waals surface area contributed by atoms with E-state index in [0.717, 1.165) is 45.3 Å². The van der Waals surface area contributed by atoms with Gasteiger partial charge in [0.2, 0.25) is 0 Å². The maximum absolute atomic E-state index is 6.09. The maximum atomic E-state index is 6.09. The first-order valence-electron chi connectivity index (χ1n) is 8.09. The average Bonchev–Trinajstić information content (AvgIpc) is 3.28. The minimum atomic E-state index is 0.571. The minimum absolute atomic E-state index is 0.571. The summed E-state index contributed by atoms with van der Waals surface area (Å²) in [6, 6.07) is 14.0. The largest absolute Gasteiger partial charge is 0.344 e. The number of imidazole rings is 1. The molecule has 4 aromatic rings. The van der Waals surface area contributed by atoms with E-state index in [-0.39, 0.29) is 0 Å². The first kappa shape index (κ1) is 17.3. The number of benzene rings is 2. The number of hydrogen-bond acceptors (Lipinski definition) is 3. The van der Waals surface area contributed by atoms with Crippen molar-refractivity contribution in [3.63, 3.8) is 0 Å². The lowest BCUT2D eigenvalue weighted by Gasteiger charge is -2.01. The number of H-pyrrole nitrogens is 1. The van der Waals surface area contributed by atoms with E-state index < -0.39 is 0 Å². The van der Waals surface area contributed by atoms with Crippen molar-refractivity contribution in [1.82, 2.24) is 15.0 Å². The lowest BCUT2D eigenvalue weighted by molar-refractivity contribution is 1.14. The number of aromatic nitrogens is 3. The fraction of sp³-hybridized carbons (Fsp3) is 0.100. The molecule has 0 saturated heterocycles. The summed E-state index contributed by atoms with van der Waals surface area (Å²) in [5.41, 5.74) is 5.22. The topological polar surface area (TPSA) is 41.6 Å². The molecule has 3 nitrogen and oxygen atoms in total. The smallest absolute Gasteiger partial charge is 0.137 e. The number of thiazole rings is 1. The van der Waals surface area contributed by atoms with Crippen molar-refractivity contribution in [1.29, 1.82) is 0 Å². The number of hydrogen-bond donors (Lipinski definition) is 1. The normalized spacial score (nSPS) is 11.0. The summed E-state index contributed by atoms with van der Waals surface area (Å²) in [5.74, 6) is 0.882. The van der Waals surface area contributed by atoms with Crippen LogP contribution in [0.2, 0.25) is 10.0 Å². The molecule has 130 valence electrons. The predicted octanol–water partition coefficient (Wildman–Crippen LogP) is 6.41. The van der Waals surface area contributed by atoms with E-state index >= 15 is 0 Å².